The molecule has 1 fully saturated rings. The lowest BCUT2D eigenvalue weighted by atomic mass is 10.1. The van der Waals surface area contributed by atoms with Crippen LogP contribution in [0.15, 0.2) is 30.3 Å². The number of nitrogens with two attached hydrogens (primary N) is 1. The predicted octanol–water partition coefficient (Wildman–Crippen LogP) is 2.65. The number of ether oxygens (including phenoxy) is 1. The molecule has 2 atom stereocenters. The summed E-state index contributed by atoms with van der Waals surface area (Å²) in [5.41, 5.74) is 5.93. The third-order valence-electron chi connectivity index (χ3n) is 4.25. The number of hydrogen-bond donors (Lipinski definition) is 1. The fraction of sp³-hybridized carbons (Fsp3) is 0.611. The van der Waals surface area contributed by atoms with E-state index in [1.54, 1.807) is 31.2 Å². The molecule has 0 saturated carbocycles. The molecule has 1 aromatic rings. The Morgan fingerprint density at radius 1 is 1.31 bits per heavy atom. The van der Waals surface area contributed by atoms with E-state index in [0.717, 1.165) is 25.9 Å². The molecule has 0 radical (unpaired) electrons. The Morgan fingerprint density at radius 2 is 1.96 bits per heavy atom. The lowest BCUT2D eigenvalue weighted by Crippen LogP contribution is -2.41. The van der Waals surface area contributed by atoms with Crippen LogP contribution in [0.1, 0.15) is 26.7 Å². The zero-order valence-electron chi connectivity index (χ0n) is 15.5. The summed E-state index contributed by atoms with van der Waals surface area (Å²) in [5.74, 6) is -0.0964. The lowest BCUT2D eigenvalue weighted by Gasteiger charge is -2.31. The van der Waals surface area contributed by atoms with E-state index in [-0.39, 0.29) is 18.8 Å². The Bertz CT molecular complexity index is 605. The van der Waals surface area contributed by atoms with Crippen LogP contribution < -0.4 is 10.3 Å². The van der Waals surface area contributed by atoms with E-state index in [2.05, 4.69) is 4.90 Å². The minimum absolute atomic E-state index is 0.195. The molecular weight excluding hydrogens is 355 g/mol. The fourth-order valence-corrected chi connectivity index (χ4v) is 4.52. The minimum atomic E-state index is -3.53. The summed E-state index contributed by atoms with van der Waals surface area (Å²) in [4.78, 5) is 14.1. The molecule has 1 unspecified atom stereocenters. The molecule has 0 aliphatic carbocycles. The molecule has 7 nitrogen and oxygen atoms in total. The summed E-state index contributed by atoms with van der Waals surface area (Å²) in [6.07, 6.45) is 1.08. The van der Waals surface area contributed by atoms with Gasteiger partial charge in [0, 0.05) is 12.6 Å². The standard InChI is InChI=1S/C18H29N2O5P/c1-3-23-18(21)15(2)24-26(22,25-17-7-5-4-6-8-17)14-13-20-11-9-16(19)10-12-20/h4-8,15-16H,3,9-14,19H2,1-2H3/t15-,26?/m0/s1. The van der Waals surface area contributed by atoms with E-state index in [1.807, 2.05) is 6.07 Å². The van der Waals surface area contributed by atoms with Crippen LogP contribution in [-0.2, 0) is 18.6 Å². The van der Waals surface area contributed by atoms with Crippen molar-refractivity contribution >= 4 is 13.6 Å². The molecule has 8 heteroatoms. The van der Waals surface area contributed by atoms with Gasteiger partial charge in [-0.15, -0.1) is 0 Å². The summed E-state index contributed by atoms with van der Waals surface area (Å²) in [6.45, 7) is 5.77. The van der Waals surface area contributed by atoms with Gasteiger partial charge < -0.3 is 19.9 Å². The normalized spacial score (nSPS) is 19.5. The van der Waals surface area contributed by atoms with E-state index in [1.165, 1.54) is 6.92 Å². The topological polar surface area (TPSA) is 91.1 Å². The summed E-state index contributed by atoms with van der Waals surface area (Å²) in [6, 6.07) is 9.09. The maximum Gasteiger partial charge on any atom is 0.381 e. The maximum atomic E-state index is 13.3. The highest BCUT2D eigenvalue weighted by molar-refractivity contribution is 7.54. The molecular formula is C18H29N2O5P. The Balaban J connectivity index is 2.02. The molecule has 1 heterocycles. The van der Waals surface area contributed by atoms with Gasteiger partial charge in [0.05, 0.1) is 12.8 Å². The second-order valence-corrected chi connectivity index (χ2v) is 8.48. The van der Waals surface area contributed by atoms with Gasteiger partial charge >= 0.3 is 13.6 Å². The van der Waals surface area contributed by atoms with Crippen LogP contribution in [0.2, 0.25) is 0 Å². The number of hydrogen-bond acceptors (Lipinski definition) is 7. The first kappa shape index (κ1) is 20.9. The number of carbonyl (C=O) groups is 1. The molecule has 0 spiro atoms. The van der Waals surface area contributed by atoms with Gasteiger partial charge in [0.2, 0.25) is 0 Å². The fourth-order valence-electron chi connectivity index (χ4n) is 2.75. The average Bonchev–Trinajstić information content (AvgIpc) is 2.62. The maximum absolute atomic E-state index is 13.3. The molecule has 0 amide bonds. The first-order valence-corrected chi connectivity index (χ1v) is 10.8. The summed E-state index contributed by atoms with van der Waals surface area (Å²) >= 11 is 0. The summed E-state index contributed by atoms with van der Waals surface area (Å²) < 4.78 is 29.5. The van der Waals surface area contributed by atoms with Crippen molar-refractivity contribution in [2.75, 3.05) is 32.4 Å². The zero-order valence-corrected chi connectivity index (χ0v) is 16.4. The lowest BCUT2D eigenvalue weighted by molar-refractivity contribution is -0.150. The van der Waals surface area contributed by atoms with Gasteiger partial charge in [-0.05, 0) is 51.9 Å². The highest BCUT2D eigenvalue weighted by atomic mass is 31.2. The van der Waals surface area contributed by atoms with E-state index in [4.69, 9.17) is 19.5 Å². The van der Waals surface area contributed by atoms with Crippen LogP contribution >= 0.6 is 7.60 Å². The number of rotatable bonds is 9. The van der Waals surface area contributed by atoms with Crippen molar-refractivity contribution in [1.82, 2.24) is 4.90 Å². The van der Waals surface area contributed by atoms with E-state index in [9.17, 15) is 9.36 Å². The number of likely N-dealkylation sites (tertiary alicyclic amines) is 1. The van der Waals surface area contributed by atoms with Crippen molar-refractivity contribution in [2.45, 2.75) is 38.8 Å². The highest BCUT2D eigenvalue weighted by Gasteiger charge is 2.33. The molecule has 1 saturated heterocycles. The number of piperidine rings is 1. The quantitative estimate of drug-likeness (QED) is 0.517. The minimum Gasteiger partial charge on any atom is -0.464 e. The Labute approximate surface area is 155 Å². The number of esters is 1. The van der Waals surface area contributed by atoms with Crippen molar-refractivity contribution in [3.05, 3.63) is 30.3 Å². The Kier molecular flexibility index (Phi) is 8.10. The second-order valence-electron chi connectivity index (χ2n) is 6.42. The molecule has 2 N–H and O–H groups in total. The molecule has 0 aromatic heterocycles. The average molecular weight is 384 g/mol. The van der Waals surface area contributed by atoms with Crippen LogP contribution in [0, 0.1) is 0 Å². The molecule has 1 aromatic carbocycles. The largest absolute Gasteiger partial charge is 0.464 e. The van der Waals surface area contributed by atoms with Gasteiger partial charge in [-0.2, -0.15) is 0 Å². The summed E-state index contributed by atoms with van der Waals surface area (Å²) in [5, 5.41) is 0. The van der Waals surface area contributed by atoms with Crippen LogP contribution in [0.5, 0.6) is 5.75 Å². The van der Waals surface area contributed by atoms with Crippen molar-refractivity contribution in [2.24, 2.45) is 5.73 Å². The van der Waals surface area contributed by atoms with Gasteiger partial charge in [0.1, 0.15) is 5.75 Å². The first-order valence-electron chi connectivity index (χ1n) is 9.08. The van der Waals surface area contributed by atoms with Crippen molar-refractivity contribution in [3.8, 4) is 5.75 Å². The number of nitrogens with zero attached hydrogens (tertiary/aromatic N) is 1. The van der Waals surface area contributed by atoms with Gasteiger partial charge in [0.25, 0.3) is 0 Å². The van der Waals surface area contributed by atoms with Crippen molar-refractivity contribution in [1.29, 1.82) is 0 Å². The number of carbonyl (C=O) groups excluding carboxylic acids is 1. The predicted molar refractivity (Wildman–Crippen MR) is 100 cm³/mol. The molecule has 1 aliphatic heterocycles. The van der Waals surface area contributed by atoms with E-state index in [0.29, 0.717) is 12.3 Å². The van der Waals surface area contributed by atoms with Gasteiger partial charge in [-0.1, -0.05) is 18.2 Å². The molecule has 0 bridgehead atoms. The molecule has 26 heavy (non-hydrogen) atoms. The second kappa shape index (κ2) is 10.1. The molecule has 1 aliphatic rings. The van der Waals surface area contributed by atoms with Crippen molar-refractivity contribution < 1.29 is 23.1 Å². The monoisotopic (exact) mass is 384 g/mol. The van der Waals surface area contributed by atoms with Crippen LogP contribution in [-0.4, -0.2) is 55.4 Å². The number of benzene rings is 1. The van der Waals surface area contributed by atoms with Crippen LogP contribution in [0.4, 0.5) is 0 Å². The van der Waals surface area contributed by atoms with E-state index >= 15 is 0 Å². The molecule has 146 valence electrons. The summed E-state index contributed by atoms with van der Waals surface area (Å²) in [7, 11) is -3.53. The SMILES string of the molecule is CCOC(=O)[C@H](C)OP(=O)(CCN1CCC(N)CC1)Oc1ccccc1. The van der Waals surface area contributed by atoms with Crippen LogP contribution in [0.25, 0.3) is 0 Å². The number of para-hydroxylation sites is 1. The molecule has 2 rings (SSSR count). The van der Waals surface area contributed by atoms with E-state index < -0.39 is 19.7 Å². The Hall–Kier alpha value is -1.40. The smallest absolute Gasteiger partial charge is 0.381 e. The Morgan fingerprint density at radius 3 is 2.58 bits per heavy atom. The van der Waals surface area contributed by atoms with Crippen LogP contribution in [0.3, 0.4) is 0 Å². The third-order valence-corrected chi connectivity index (χ3v) is 6.12. The van der Waals surface area contributed by atoms with Gasteiger partial charge in [-0.3, -0.25) is 4.52 Å². The highest BCUT2D eigenvalue weighted by Crippen LogP contribution is 2.49. The van der Waals surface area contributed by atoms with Gasteiger partial charge in [0.15, 0.2) is 6.10 Å². The van der Waals surface area contributed by atoms with Gasteiger partial charge in [-0.25, -0.2) is 9.36 Å². The van der Waals surface area contributed by atoms with Crippen molar-refractivity contribution in [3.63, 3.8) is 0 Å². The zero-order chi connectivity index (χ0) is 19.0. The first-order chi connectivity index (χ1) is 12.4. The third kappa shape index (κ3) is 6.72.